The first-order chi connectivity index (χ1) is 11.2. The summed E-state index contributed by atoms with van der Waals surface area (Å²) < 4.78 is 5.75. The molecule has 0 aliphatic rings. The number of para-hydroxylation sites is 1. The van der Waals surface area contributed by atoms with E-state index >= 15 is 0 Å². The van der Waals surface area contributed by atoms with Gasteiger partial charge in [0.1, 0.15) is 11.5 Å². The van der Waals surface area contributed by atoms with Crippen molar-refractivity contribution in [1.29, 1.82) is 0 Å². The number of hydrogen-bond acceptors (Lipinski definition) is 3. The fraction of sp³-hybridized carbons (Fsp3) is 0. The van der Waals surface area contributed by atoms with Crippen molar-refractivity contribution in [2.45, 2.75) is 9.79 Å². The van der Waals surface area contributed by atoms with Crippen LogP contribution in [0.15, 0.2) is 88.7 Å². The van der Waals surface area contributed by atoms with Crippen molar-refractivity contribution in [2.75, 3.05) is 0 Å². The van der Waals surface area contributed by atoms with Gasteiger partial charge in [-0.3, -0.25) is 0 Å². The molecular weight excluding hydrogens is 308 g/mol. The Labute approximate surface area is 138 Å². The van der Waals surface area contributed by atoms with Gasteiger partial charge in [0.05, 0.1) is 5.56 Å². The van der Waals surface area contributed by atoms with E-state index in [1.807, 2.05) is 66.7 Å². The van der Waals surface area contributed by atoms with Gasteiger partial charge in [-0.2, -0.15) is 0 Å². The second-order valence-corrected chi connectivity index (χ2v) is 5.97. The predicted octanol–water partition coefficient (Wildman–Crippen LogP) is 5.33. The molecule has 0 saturated carbocycles. The molecular formula is C19H14O3S. The van der Waals surface area contributed by atoms with Gasteiger partial charge in [0, 0.05) is 9.79 Å². The molecule has 1 N–H and O–H groups in total. The van der Waals surface area contributed by atoms with E-state index in [-0.39, 0.29) is 0 Å². The van der Waals surface area contributed by atoms with E-state index in [4.69, 9.17) is 9.84 Å². The van der Waals surface area contributed by atoms with Gasteiger partial charge in [-0.1, -0.05) is 30.0 Å². The van der Waals surface area contributed by atoms with E-state index in [2.05, 4.69) is 0 Å². The summed E-state index contributed by atoms with van der Waals surface area (Å²) in [6, 6.07) is 24.3. The van der Waals surface area contributed by atoms with Crippen LogP contribution in [-0.4, -0.2) is 11.1 Å². The van der Waals surface area contributed by atoms with Gasteiger partial charge in [-0.05, 0) is 60.7 Å². The molecule has 0 bridgehead atoms. The minimum absolute atomic E-state index is 0.293. The first-order valence-corrected chi connectivity index (χ1v) is 7.86. The molecule has 23 heavy (non-hydrogen) atoms. The molecule has 3 nitrogen and oxygen atoms in total. The Kier molecular flexibility index (Phi) is 4.64. The second-order valence-electron chi connectivity index (χ2n) is 4.82. The zero-order valence-electron chi connectivity index (χ0n) is 12.2. The average Bonchev–Trinajstić information content (AvgIpc) is 2.58. The normalized spacial score (nSPS) is 10.3. The number of hydrogen-bond donors (Lipinski definition) is 1. The summed E-state index contributed by atoms with van der Waals surface area (Å²) in [5, 5.41) is 8.90. The summed E-state index contributed by atoms with van der Waals surface area (Å²) in [5.41, 5.74) is 0.293. The van der Waals surface area contributed by atoms with Gasteiger partial charge in [-0.15, -0.1) is 0 Å². The van der Waals surface area contributed by atoms with Gasteiger partial charge < -0.3 is 9.84 Å². The molecule has 0 atom stereocenters. The number of aromatic carboxylic acids is 1. The molecule has 3 rings (SSSR count). The molecule has 0 amide bonds. The molecule has 0 saturated heterocycles. The fourth-order valence-corrected chi connectivity index (χ4v) is 2.82. The molecule has 0 unspecified atom stereocenters. The van der Waals surface area contributed by atoms with Crippen molar-refractivity contribution in [3.8, 4) is 11.5 Å². The SMILES string of the molecule is O=C(O)c1ccc(Sc2ccc(Oc3ccccc3)cc2)cc1. The van der Waals surface area contributed by atoms with E-state index in [0.717, 1.165) is 21.3 Å². The van der Waals surface area contributed by atoms with Crippen LogP contribution in [0, 0.1) is 0 Å². The molecule has 3 aromatic rings. The summed E-state index contributed by atoms with van der Waals surface area (Å²) >= 11 is 1.57. The van der Waals surface area contributed by atoms with Crippen LogP contribution in [0.1, 0.15) is 10.4 Å². The largest absolute Gasteiger partial charge is 0.478 e. The summed E-state index contributed by atoms with van der Waals surface area (Å²) in [4.78, 5) is 12.9. The Morgan fingerprint density at radius 1 is 0.739 bits per heavy atom. The number of rotatable bonds is 5. The topological polar surface area (TPSA) is 46.5 Å². The standard InChI is InChI=1S/C19H14O3S/c20-19(21)14-6-10-17(11-7-14)23-18-12-8-16(9-13-18)22-15-4-2-1-3-5-15/h1-13H,(H,20,21). The van der Waals surface area contributed by atoms with Crippen LogP contribution in [-0.2, 0) is 0 Å². The predicted molar refractivity (Wildman–Crippen MR) is 90.5 cm³/mol. The molecule has 0 aliphatic carbocycles. The zero-order chi connectivity index (χ0) is 16.1. The van der Waals surface area contributed by atoms with Crippen LogP contribution in [0.4, 0.5) is 0 Å². The Morgan fingerprint density at radius 2 is 1.26 bits per heavy atom. The first kappa shape index (κ1) is 15.2. The highest BCUT2D eigenvalue weighted by Crippen LogP contribution is 2.30. The second kappa shape index (κ2) is 7.03. The molecule has 114 valence electrons. The third-order valence-electron chi connectivity index (χ3n) is 3.14. The monoisotopic (exact) mass is 322 g/mol. The lowest BCUT2D eigenvalue weighted by Gasteiger charge is -2.07. The zero-order valence-corrected chi connectivity index (χ0v) is 13.0. The van der Waals surface area contributed by atoms with E-state index in [1.54, 1.807) is 23.9 Å². The maximum absolute atomic E-state index is 10.8. The number of carboxylic acids is 1. The van der Waals surface area contributed by atoms with Crippen LogP contribution in [0.5, 0.6) is 11.5 Å². The molecule has 0 aromatic heterocycles. The van der Waals surface area contributed by atoms with Gasteiger partial charge in [-0.25, -0.2) is 4.79 Å². The molecule has 4 heteroatoms. The molecule has 0 fully saturated rings. The highest BCUT2D eigenvalue weighted by atomic mass is 32.2. The Balaban J connectivity index is 1.66. The Morgan fingerprint density at radius 3 is 1.83 bits per heavy atom. The summed E-state index contributed by atoms with van der Waals surface area (Å²) in [6.45, 7) is 0. The Hall–Kier alpha value is -2.72. The van der Waals surface area contributed by atoms with E-state index in [9.17, 15) is 4.79 Å². The first-order valence-electron chi connectivity index (χ1n) is 7.05. The highest BCUT2D eigenvalue weighted by Gasteiger charge is 2.03. The van der Waals surface area contributed by atoms with Gasteiger partial charge in [0.25, 0.3) is 0 Å². The molecule has 0 radical (unpaired) electrons. The van der Waals surface area contributed by atoms with Crippen molar-refractivity contribution in [3.63, 3.8) is 0 Å². The van der Waals surface area contributed by atoms with Crippen LogP contribution >= 0.6 is 11.8 Å². The number of benzene rings is 3. The highest BCUT2D eigenvalue weighted by molar-refractivity contribution is 7.99. The molecule has 0 spiro atoms. The van der Waals surface area contributed by atoms with Crippen LogP contribution in [0.25, 0.3) is 0 Å². The van der Waals surface area contributed by atoms with E-state index in [0.29, 0.717) is 5.56 Å². The van der Waals surface area contributed by atoms with Gasteiger partial charge in [0.15, 0.2) is 0 Å². The third-order valence-corrected chi connectivity index (χ3v) is 4.16. The van der Waals surface area contributed by atoms with Crippen molar-refractivity contribution < 1.29 is 14.6 Å². The number of carbonyl (C=O) groups is 1. The minimum atomic E-state index is -0.913. The summed E-state index contributed by atoms with van der Waals surface area (Å²) in [6.07, 6.45) is 0. The Bertz CT molecular complexity index is 781. The maximum Gasteiger partial charge on any atom is 0.335 e. The van der Waals surface area contributed by atoms with Crippen molar-refractivity contribution >= 4 is 17.7 Å². The lowest BCUT2D eigenvalue weighted by atomic mass is 10.2. The lowest BCUT2D eigenvalue weighted by molar-refractivity contribution is 0.0697. The lowest BCUT2D eigenvalue weighted by Crippen LogP contribution is -1.94. The van der Waals surface area contributed by atoms with Crippen molar-refractivity contribution in [1.82, 2.24) is 0 Å². The number of carboxylic acid groups (broad SMARTS) is 1. The van der Waals surface area contributed by atoms with Crippen molar-refractivity contribution in [3.05, 3.63) is 84.4 Å². The van der Waals surface area contributed by atoms with Crippen molar-refractivity contribution in [2.24, 2.45) is 0 Å². The van der Waals surface area contributed by atoms with Gasteiger partial charge in [0.2, 0.25) is 0 Å². The van der Waals surface area contributed by atoms with Crippen LogP contribution < -0.4 is 4.74 Å². The molecule has 0 heterocycles. The number of ether oxygens (including phenoxy) is 1. The van der Waals surface area contributed by atoms with E-state index in [1.165, 1.54) is 0 Å². The molecule has 3 aromatic carbocycles. The summed E-state index contributed by atoms with van der Waals surface area (Å²) in [7, 11) is 0. The average molecular weight is 322 g/mol. The summed E-state index contributed by atoms with van der Waals surface area (Å²) in [5.74, 6) is 0.669. The van der Waals surface area contributed by atoms with Crippen LogP contribution in [0.3, 0.4) is 0 Å². The molecule has 0 aliphatic heterocycles. The fourth-order valence-electron chi connectivity index (χ4n) is 2.00. The van der Waals surface area contributed by atoms with Gasteiger partial charge >= 0.3 is 5.97 Å². The smallest absolute Gasteiger partial charge is 0.335 e. The van der Waals surface area contributed by atoms with E-state index < -0.39 is 5.97 Å². The van der Waals surface area contributed by atoms with Crippen LogP contribution in [0.2, 0.25) is 0 Å². The third kappa shape index (κ3) is 4.14. The quantitative estimate of drug-likeness (QED) is 0.690. The minimum Gasteiger partial charge on any atom is -0.478 e. The maximum atomic E-state index is 10.8.